The molecule has 0 bridgehead atoms. The lowest BCUT2D eigenvalue weighted by Crippen LogP contribution is -2.03. The predicted molar refractivity (Wildman–Crippen MR) is 54.3 cm³/mol. The molecule has 1 aromatic rings. The monoisotopic (exact) mass is 264 g/mol. The van der Waals surface area contributed by atoms with Crippen molar-refractivity contribution in [3.8, 4) is 0 Å². The van der Waals surface area contributed by atoms with Crippen molar-refractivity contribution >= 4 is 33.3 Å². The summed E-state index contributed by atoms with van der Waals surface area (Å²) < 4.78 is 12.9. The molecule has 0 aliphatic rings. The Morgan fingerprint density at radius 1 is 1.62 bits per heavy atom. The molecule has 1 rings (SSSR count). The van der Waals surface area contributed by atoms with Crippen molar-refractivity contribution in [2.45, 2.75) is 6.92 Å². The van der Waals surface area contributed by atoms with Gasteiger partial charge in [-0.2, -0.15) is 0 Å². The van der Waals surface area contributed by atoms with Crippen LogP contribution >= 0.6 is 27.5 Å². The Labute approximate surface area is 89.0 Å². The van der Waals surface area contributed by atoms with Crippen molar-refractivity contribution in [3.05, 3.63) is 34.1 Å². The fraction of sp³-hybridized carbons (Fsp3) is 0.222. The molecule has 0 saturated carbocycles. The van der Waals surface area contributed by atoms with Crippen LogP contribution in [-0.2, 0) is 0 Å². The van der Waals surface area contributed by atoms with Gasteiger partial charge in [-0.25, -0.2) is 4.39 Å². The maximum absolute atomic E-state index is 12.9. The molecule has 0 fully saturated rings. The number of hydrogen-bond donors (Lipinski definition) is 0. The van der Waals surface area contributed by atoms with E-state index in [1.165, 1.54) is 12.1 Å². The molecular weight excluding hydrogens is 258 g/mol. The Bertz CT molecular complexity index is 352. The number of carbonyl (C=O) groups excluding carboxylic acids is 1. The molecule has 0 N–H and O–H groups in total. The van der Waals surface area contributed by atoms with Crippen molar-refractivity contribution in [3.63, 3.8) is 0 Å². The zero-order valence-electron chi connectivity index (χ0n) is 6.90. The molecule has 0 aliphatic heterocycles. The summed E-state index contributed by atoms with van der Waals surface area (Å²) in [7, 11) is 0. The van der Waals surface area contributed by atoms with Crippen molar-refractivity contribution in [1.29, 1.82) is 0 Å². The molecule has 0 aromatic heterocycles. The third-order valence-corrected chi connectivity index (χ3v) is 2.73. The number of Topliss-reactive ketones (excluding diaryl/α,β-unsaturated/α-hetero) is 1. The molecule has 4 heteroatoms. The molecule has 0 saturated heterocycles. The average molecular weight is 266 g/mol. The molecule has 70 valence electrons. The fourth-order valence-corrected chi connectivity index (χ4v) is 1.49. The molecule has 1 aromatic carbocycles. The lowest BCUT2D eigenvalue weighted by molar-refractivity contribution is 0.102. The van der Waals surface area contributed by atoms with Crippen LogP contribution in [0.1, 0.15) is 15.9 Å². The van der Waals surface area contributed by atoms with Gasteiger partial charge in [0.05, 0.1) is 10.4 Å². The standard InChI is InChI=1S/C9H7BrClFO/c1-5-6(8(13)4-10)2-3-7(12)9(5)11/h2-3H,4H2,1H3. The number of rotatable bonds is 2. The van der Waals surface area contributed by atoms with E-state index >= 15 is 0 Å². The van der Waals surface area contributed by atoms with E-state index in [0.29, 0.717) is 11.1 Å². The van der Waals surface area contributed by atoms with Crippen molar-refractivity contribution in [1.82, 2.24) is 0 Å². The highest BCUT2D eigenvalue weighted by molar-refractivity contribution is 9.09. The quantitative estimate of drug-likeness (QED) is 0.592. The summed E-state index contributed by atoms with van der Waals surface area (Å²) >= 11 is 8.68. The van der Waals surface area contributed by atoms with Gasteiger partial charge in [0.15, 0.2) is 5.78 Å². The Morgan fingerprint density at radius 3 is 2.77 bits per heavy atom. The number of ketones is 1. The summed E-state index contributed by atoms with van der Waals surface area (Å²) in [4.78, 5) is 11.3. The van der Waals surface area contributed by atoms with Crippen LogP contribution < -0.4 is 0 Å². The maximum Gasteiger partial charge on any atom is 0.173 e. The minimum absolute atomic E-state index is 0.0202. The molecular formula is C9H7BrClFO. The first kappa shape index (κ1) is 10.7. The van der Waals surface area contributed by atoms with Crippen molar-refractivity contribution in [2.75, 3.05) is 5.33 Å². The number of benzene rings is 1. The number of alkyl halides is 1. The second-order valence-corrected chi connectivity index (χ2v) is 3.53. The number of halogens is 3. The summed E-state index contributed by atoms with van der Waals surface area (Å²) in [5, 5.41) is 0.238. The summed E-state index contributed by atoms with van der Waals surface area (Å²) in [5.74, 6) is -0.593. The van der Waals surface area contributed by atoms with Gasteiger partial charge in [-0.05, 0) is 24.6 Å². The van der Waals surface area contributed by atoms with E-state index in [1.807, 2.05) is 0 Å². The van der Waals surface area contributed by atoms with E-state index in [-0.39, 0.29) is 16.1 Å². The van der Waals surface area contributed by atoms with Gasteiger partial charge >= 0.3 is 0 Å². The second-order valence-electron chi connectivity index (χ2n) is 2.59. The average Bonchev–Trinajstić information content (AvgIpc) is 2.13. The van der Waals surface area contributed by atoms with Gasteiger partial charge in [0, 0.05) is 5.56 Å². The van der Waals surface area contributed by atoms with Gasteiger partial charge in [0.2, 0.25) is 0 Å². The highest BCUT2D eigenvalue weighted by Gasteiger charge is 2.12. The van der Waals surface area contributed by atoms with E-state index in [9.17, 15) is 9.18 Å². The van der Waals surface area contributed by atoms with Gasteiger partial charge in [-0.1, -0.05) is 27.5 Å². The summed E-state index contributed by atoms with van der Waals surface area (Å²) in [6, 6.07) is 2.64. The third kappa shape index (κ3) is 2.09. The zero-order chi connectivity index (χ0) is 10.0. The second kappa shape index (κ2) is 4.20. The van der Waals surface area contributed by atoms with Crippen LogP contribution in [0, 0.1) is 12.7 Å². The van der Waals surface area contributed by atoms with Crippen molar-refractivity contribution < 1.29 is 9.18 Å². The van der Waals surface area contributed by atoms with E-state index < -0.39 is 5.82 Å². The smallest absolute Gasteiger partial charge is 0.173 e. The van der Waals surface area contributed by atoms with E-state index in [0.717, 1.165) is 0 Å². The fourth-order valence-electron chi connectivity index (χ4n) is 1.03. The van der Waals surface area contributed by atoms with Gasteiger partial charge < -0.3 is 0 Å². The van der Waals surface area contributed by atoms with Crippen LogP contribution in [0.5, 0.6) is 0 Å². The van der Waals surface area contributed by atoms with Crippen LogP contribution in [0.15, 0.2) is 12.1 Å². The Balaban J connectivity index is 3.26. The summed E-state index contributed by atoms with van der Waals surface area (Å²) in [6.45, 7) is 1.63. The van der Waals surface area contributed by atoms with E-state index in [2.05, 4.69) is 15.9 Å². The first-order valence-corrected chi connectivity index (χ1v) is 5.11. The van der Waals surface area contributed by atoms with Gasteiger partial charge in [-0.15, -0.1) is 0 Å². The van der Waals surface area contributed by atoms with Gasteiger partial charge in [0.1, 0.15) is 5.82 Å². The highest BCUT2D eigenvalue weighted by atomic mass is 79.9. The molecule has 0 amide bonds. The van der Waals surface area contributed by atoms with Crippen LogP contribution in [0.2, 0.25) is 5.02 Å². The largest absolute Gasteiger partial charge is 0.293 e. The Morgan fingerprint density at radius 2 is 2.23 bits per heavy atom. The highest BCUT2D eigenvalue weighted by Crippen LogP contribution is 2.23. The SMILES string of the molecule is Cc1c(C(=O)CBr)ccc(F)c1Cl. The normalized spacial score (nSPS) is 10.2. The molecule has 0 aliphatic carbocycles. The summed E-state index contributed by atoms with van der Waals surface area (Å²) in [6.07, 6.45) is 0. The molecule has 0 heterocycles. The van der Waals surface area contributed by atoms with E-state index in [4.69, 9.17) is 11.6 Å². The molecule has 0 spiro atoms. The van der Waals surface area contributed by atoms with Gasteiger partial charge in [0.25, 0.3) is 0 Å². The number of carbonyl (C=O) groups is 1. The molecule has 0 atom stereocenters. The van der Waals surface area contributed by atoms with Crippen LogP contribution in [-0.4, -0.2) is 11.1 Å². The molecule has 0 radical (unpaired) electrons. The zero-order valence-corrected chi connectivity index (χ0v) is 9.25. The molecule has 1 nitrogen and oxygen atoms in total. The first-order valence-electron chi connectivity index (χ1n) is 3.61. The van der Waals surface area contributed by atoms with Gasteiger partial charge in [-0.3, -0.25) is 4.79 Å². The first-order chi connectivity index (χ1) is 6.07. The molecule has 0 unspecified atom stereocenters. The van der Waals surface area contributed by atoms with Crippen LogP contribution in [0.3, 0.4) is 0 Å². The molecule has 13 heavy (non-hydrogen) atoms. The predicted octanol–water partition coefficient (Wildman–Crippen LogP) is 3.37. The lowest BCUT2D eigenvalue weighted by atomic mass is 10.1. The van der Waals surface area contributed by atoms with Crippen LogP contribution in [0.4, 0.5) is 4.39 Å². The summed E-state index contributed by atoms with van der Waals surface area (Å²) in [5.41, 5.74) is 0.953. The van der Waals surface area contributed by atoms with Crippen molar-refractivity contribution in [2.24, 2.45) is 0 Å². The topological polar surface area (TPSA) is 17.1 Å². The lowest BCUT2D eigenvalue weighted by Gasteiger charge is -2.05. The number of hydrogen-bond acceptors (Lipinski definition) is 1. The maximum atomic E-state index is 12.9. The Hall–Kier alpha value is -0.410. The van der Waals surface area contributed by atoms with Crippen LogP contribution in [0.25, 0.3) is 0 Å². The minimum atomic E-state index is -0.495. The Kier molecular flexibility index (Phi) is 3.45. The third-order valence-electron chi connectivity index (χ3n) is 1.76. The minimum Gasteiger partial charge on any atom is -0.293 e. The van der Waals surface area contributed by atoms with E-state index in [1.54, 1.807) is 6.92 Å².